The van der Waals surface area contributed by atoms with Crippen molar-refractivity contribution in [3.63, 3.8) is 0 Å². The van der Waals surface area contributed by atoms with E-state index >= 15 is 0 Å². The summed E-state index contributed by atoms with van der Waals surface area (Å²) in [5.41, 5.74) is 2.05. The molecular weight excluding hydrogens is 190 g/mol. The smallest absolute Gasteiger partial charge is 0.249 e. The maximum Gasteiger partial charge on any atom is 0.249 e. The molecule has 2 aromatic heterocycles. The summed E-state index contributed by atoms with van der Waals surface area (Å²) in [6.45, 7) is 6.02. The molecule has 2 heterocycles. The van der Waals surface area contributed by atoms with Crippen LogP contribution in [0.3, 0.4) is 0 Å². The van der Waals surface area contributed by atoms with Gasteiger partial charge in [-0.3, -0.25) is 4.98 Å². The fraction of sp³-hybridized carbons (Fsp3) is 0.364. The zero-order valence-electron chi connectivity index (χ0n) is 9.06. The average molecular weight is 203 g/mol. The molecule has 0 N–H and O–H groups in total. The molecule has 4 heteroatoms. The van der Waals surface area contributed by atoms with Gasteiger partial charge in [-0.05, 0) is 17.5 Å². The topological polar surface area (TPSA) is 51.8 Å². The van der Waals surface area contributed by atoms with Gasteiger partial charge in [0.15, 0.2) is 0 Å². The largest absolute Gasteiger partial charge is 0.421 e. The fourth-order valence-corrected chi connectivity index (χ4v) is 1.30. The van der Waals surface area contributed by atoms with Crippen LogP contribution in [-0.4, -0.2) is 15.2 Å². The number of aromatic nitrogens is 3. The van der Waals surface area contributed by atoms with E-state index in [1.165, 1.54) is 5.56 Å². The second-order valence-corrected chi connectivity index (χ2v) is 3.79. The van der Waals surface area contributed by atoms with E-state index in [1.54, 1.807) is 13.1 Å². The van der Waals surface area contributed by atoms with Gasteiger partial charge in [-0.25, -0.2) is 0 Å². The third-order valence-corrected chi connectivity index (χ3v) is 2.20. The number of pyridine rings is 1. The van der Waals surface area contributed by atoms with Gasteiger partial charge >= 0.3 is 0 Å². The van der Waals surface area contributed by atoms with Crippen molar-refractivity contribution in [3.05, 3.63) is 29.9 Å². The second kappa shape index (κ2) is 3.81. The van der Waals surface area contributed by atoms with Gasteiger partial charge in [0.2, 0.25) is 11.8 Å². The highest BCUT2D eigenvalue weighted by molar-refractivity contribution is 5.52. The van der Waals surface area contributed by atoms with Crippen molar-refractivity contribution in [1.82, 2.24) is 15.2 Å². The molecule has 0 aliphatic heterocycles. The highest BCUT2D eigenvalue weighted by atomic mass is 16.4. The normalized spacial score (nSPS) is 10.9. The predicted octanol–water partition coefficient (Wildman–Crippen LogP) is 2.56. The summed E-state index contributed by atoms with van der Waals surface area (Å²) in [7, 11) is 0. The molecule has 0 aromatic carbocycles. The first-order valence-electron chi connectivity index (χ1n) is 4.92. The van der Waals surface area contributed by atoms with Gasteiger partial charge in [0.25, 0.3) is 0 Å². The summed E-state index contributed by atoms with van der Waals surface area (Å²) in [5.74, 6) is 1.55. The number of rotatable bonds is 2. The lowest BCUT2D eigenvalue weighted by atomic mass is 10.0. The third-order valence-electron chi connectivity index (χ3n) is 2.20. The molecule has 0 saturated heterocycles. The number of nitrogens with zero attached hydrogens (tertiary/aromatic N) is 3. The summed E-state index contributed by atoms with van der Waals surface area (Å²) in [5, 5.41) is 7.75. The van der Waals surface area contributed by atoms with Crippen LogP contribution in [0.5, 0.6) is 0 Å². The molecule has 4 nitrogen and oxygen atoms in total. The molecule has 0 atom stereocenters. The zero-order valence-corrected chi connectivity index (χ0v) is 9.06. The first-order chi connectivity index (χ1) is 7.16. The summed E-state index contributed by atoms with van der Waals surface area (Å²) in [4.78, 5) is 4.16. The van der Waals surface area contributed by atoms with Crippen LogP contribution in [0.15, 0.2) is 22.9 Å². The summed E-state index contributed by atoms with van der Waals surface area (Å²) < 4.78 is 5.34. The van der Waals surface area contributed by atoms with E-state index < -0.39 is 0 Å². The molecule has 0 radical (unpaired) electrons. The molecule has 2 aromatic rings. The fourth-order valence-electron chi connectivity index (χ4n) is 1.30. The highest BCUT2D eigenvalue weighted by Gasteiger charge is 2.08. The molecule has 15 heavy (non-hydrogen) atoms. The molecule has 0 aliphatic carbocycles. The Kier molecular flexibility index (Phi) is 2.49. The van der Waals surface area contributed by atoms with Gasteiger partial charge in [0.1, 0.15) is 0 Å². The second-order valence-electron chi connectivity index (χ2n) is 3.79. The Labute approximate surface area is 88.4 Å². The Morgan fingerprint density at radius 1 is 1.20 bits per heavy atom. The standard InChI is InChI=1S/C11H13N3O/c1-7(2)9-4-10(6-12-5-9)11-14-13-8(3)15-11/h4-7H,1-3H3. The third kappa shape index (κ3) is 2.03. The van der Waals surface area contributed by atoms with Crippen LogP contribution in [0, 0.1) is 6.92 Å². The zero-order chi connectivity index (χ0) is 10.8. The molecule has 0 amide bonds. The van der Waals surface area contributed by atoms with Crippen molar-refractivity contribution < 1.29 is 4.42 Å². The maximum absolute atomic E-state index is 5.34. The Balaban J connectivity index is 2.41. The molecular formula is C11H13N3O. The average Bonchev–Trinajstić information content (AvgIpc) is 2.65. The maximum atomic E-state index is 5.34. The summed E-state index contributed by atoms with van der Waals surface area (Å²) in [6.07, 6.45) is 3.59. The minimum absolute atomic E-state index is 0.446. The minimum atomic E-state index is 0.446. The van der Waals surface area contributed by atoms with Crippen molar-refractivity contribution in [2.75, 3.05) is 0 Å². The molecule has 0 aliphatic rings. The molecule has 0 saturated carbocycles. The molecule has 0 spiro atoms. The first-order valence-corrected chi connectivity index (χ1v) is 4.92. The van der Waals surface area contributed by atoms with E-state index in [4.69, 9.17) is 4.42 Å². The lowest BCUT2D eigenvalue weighted by molar-refractivity contribution is 0.532. The summed E-state index contributed by atoms with van der Waals surface area (Å²) >= 11 is 0. The van der Waals surface area contributed by atoms with Gasteiger partial charge < -0.3 is 4.42 Å². The monoisotopic (exact) mass is 203 g/mol. The van der Waals surface area contributed by atoms with Crippen LogP contribution >= 0.6 is 0 Å². The quantitative estimate of drug-likeness (QED) is 0.752. The van der Waals surface area contributed by atoms with Gasteiger partial charge in [-0.1, -0.05) is 13.8 Å². The lowest BCUT2D eigenvalue weighted by Gasteiger charge is -2.04. The molecule has 0 bridgehead atoms. The lowest BCUT2D eigenvalue weighted by Crippen LogP contribution is -1.90. The minimum Gasteiger partial charge on any atom is -0.421 e. The van der Waals surface area contributed by atoms with Crippen LogP contribution in [0.4, 0.5) is 0 Å². The van der Waals surface area contributed by atoms with Crippen molar-refractivity contribution in [2.24, 2.45) is 0 Å². The highest BCUT2D eigenvalue weighted by Crippen LogP contribution is 2.21. The van der Waals surface area contributed by atoms with Crippen molar-refractivity contribution in [3.8, 4) is 11.5 Å². The van der Waals surface area contributed by atoms with Crippen molar-refractivity contribution in [2.45, 2.75) is 26.7 Å². The number of hydrogen-bond acceptors (Lipinski definition) is 4. The van der Waals surface area contributed by atoms with E-state index in [9.17, 15) is 0 Å². The van der Waals surface area contributed by atoms with E-state index in [2.05, 4.69) is 29.0 Å². The molecule has 2 rings (SSSR count). The number of hydrogen-bond donors (Lipinski definition) is 0. The van der Waals surface area contributed by atoms with Crippen LogP contribution in [-0.2, 0) is 0 Å². The van der Waals surface area contributed by atoms with E-state index in [0.717, 1.165) is 5.56 Å². The van der Waals surface area contributed by atoms with Gasteiger partial charge in [0, 0.05) is 19.3 Å². The predicted molar refractivity (Wildman–Crippen MR) is 56.4 cm³/mol. The number of aryl methyl sites for hydroxylation is 1. The van der Waals surface area contributed by atoms with Crippen LogP contribution in [0.1, 0.15) is 31.2 Å². The SMILES string of the molecule is Cc1nnc(-c2cncc(C(C)C)c2)o1. The van der Waals surface area contributed by atoms with E-state index in [-0.39, 0.29) is 0 Å². The Bertz CT molecular complexity index is 462. The Morgan fingerprint density at radius 2 is 2.00 bits per heavy atom. The Hall–Kier alpha value is -1.71. The molecule has 0 fully saturated rings. The van der Waals surface area contributed by atoms with E-state index in [0.29, 0.717) is 17.7 Å². The van der Waals surface area contributed by atoms with Gasteiger partial charge in [-0.15, -0.1) is 10.2 Å². The van der Waals surface area contributed by atoms with E-state index in [1.807, 2.05) is 12.3 Å². The van der Waals surface area contributed by atoms with Crippen LogP contribution in [0.25, 0.3) is 11.5 Å². The van der Waals surface area contributed by atoms with Crippen molar-refractivity contribution >= 4 is 0 Å². The molecule has 0 unspecified atom stereocenters. The van der Waals surface area contributed by atoms with Crippen LogP contribution in [0.2, 0.25) is 0 Å². The van der Waals surface area contributed by atoms with Gasteiger partial charge in [-0.2, -0.15) is 0 Å². The van der Waals surface area contributed by atoms with Gasteiger partial charge in [0.05, 0.1) is 5.56 Å². The van der Waals surface area contributed by atoms with Crippen LogP contribution < -0.4 is 0 Å². The first kappa shape index (κ1) is 9.83. The van der Waals surface area contributed by atoms with Crippen molar-refractivity contribution in [1.29, 1.82) is 0 Å². The Morgan fingerprint density at radius 3 is 2.60 bits per heavy atom. The molecule has 78 valence electrons. The summed E-state index contributed by atoms with van der Waals surface area (Å²) in [6, 6.07) is 2.03.